The summed E-state index contributed by atoms with van der Waals surface area (Å²) in [7, 11) is 1.97. The van der Waals surface area contributed by atoms with Crippen LogP contribution in [0.4, 0.5) is 0 Å². The molecular weight excluding hydrogens is 172 g/mol. The van der Waals surface area contributed by atoms with Crippen molar-refractivity contribution in [2.45, 2.75) is 6.42 Å². The van der Waals surface area contributed by atoms with Crippen LogP contribution in [0, 0.1) is 0 Å². The van der Waals surface area contributed by atoms with Gasteiger partial charge < -0.3 is 5.32 Å². The highest BCUT2D eigenvalue weighted by molar-refractivity contribution is 5.78. The predicted octanol–water partition coefficient (Wildman–Crippen LogP) is 2.00. The average molecular weight is 186 g/mol. The van der Waals surface area contributed by atoms with Crippen LogP contribution in [-0.4, -0.2) is 18.6 Å². The van der Waals surface area contributed by atoms with Crippen molar-refractivity contribution in [1.82, 2.24) is 10.3 Å². The molecule has 0 saturated carbocycles. The Morgan fingerprint density at radius 2 is 2.14 bits per heavy atom. The maximum Gasteiger partial charge on any atom is 0.0702 e. The van der Waals surface area contributed by atoms with Crippen molar-refractivity contribution in [2.24, 2.45) is 0 Å². The summed E-state index contributed by atoms with van der Waals surface area (Å²) < 4.78 is 0. The van der Waals surface area contributed by atoms with Gasteiger partial charge >= 0.3 is 0 Å². The van der Waals surface area contributed by atoms with Crippen molar-refractivity contribution >= 4 is 10.9 Å². The van der Waals surface area contributed by atoms with Crippen molar-refractivity contribution in [3.8, 4) is 0 Å². The molecule has 0 aliphatic heterocycles. The van der Waals surface area contributed by atoms with Crippen LogP contribution in [0.3, 0.4) is 0 Å². The van der Waals surface area contributed by atoms with E-state index < -0.39 is 0 Å². The van der Waals surface area contributed by atoms with Gasteiger partial charge in [0, 0.05) is 11.6 Å². The first-order valence-corrected chi connectivity index (χ1v) is 4.88. The van der Waals surface area contributed by atoms with Gasteiger partial charge in [0.05, 0.1) is 5.52 Å². The fourth-order valence-electron chi connectivity index (χ4n) is 1.52. The minimum Gasteiger partial charge on any atom is -0.319 e. The molecule has 0 aliphatic carbocycles. The van der Waals surface area contributed by atoms with Crippen molar-refractivity contribution in [3.63, 3.8) is 0 Å². The Hall–Kier alpha value is -1.41. The third kappa shape index (κ3) is 1.91. The molecule has 2 nitrogen and oxygen atoms in total. The van der Waals surface area contributed by atoms with Gasteiger partial charge in [0.15, 0.2) is 0 Å². The molecule has 0 amide bonds. The summed E-state index contributed by atoms with van der Waals surface area (Å²) in [5.74, 6) is 0. The van der Waals surface area contributed by atoms with Crippen molar-refractivity contribution in [1.29, 1.82) is 0 Å². The number of nitrogens with one attached hydrogen (secondary N) is 1. The van der Waals surface area contributed by atoms with Crippen LogP contribution >= 0.6 is 0 Å². The Bertz CT molecular complexity index is 423. The molecule has 1 aromatic carbocycles. The Kier molecular flexibility index (Phi) is 2.75. The van der Waals surface area contributed by atoms with Crippen molar-refractivity contribution in [2.75, 3.05) is 13.6 Å². The lowest BCUT2D eigenvalue weighted by molar-refractivity contribution is 0.790. The van der Waals surface area contributed by atoms with E-state index in [-0.39, 0.29) is 0 Å². The molecule has 2 aromatic rings. The van der Waals surface area contributed by atoms with E-state index in [1.807, 2.05) is 31.4 Å². The molecule has 0 radical (unpaired) electrons. The molecule has 0 fully saturated rings. The van der Waals surface area contributed by atoms with E-state index in [4.69, 9.17) is 0 Å². The summed E-state index contributed by atoms with van der Waals surface area (Å²) in [6, 6.07) is 10.4. The first kappa shape index (κ1) is 9.16. The average Bonchev–Trinajstić information content (AvgIpc) is 2.26. The number of para-hydroxylation sites is 1. The first-order valence-electron chi connectivity index (χ1n) is 4.88. The number of benzene rings is 1. The van der Waals surface area contributed by atoms with Crippen molar-refractivity contribution < 1.29 is 0 Å². The van der Waals surface area contributed by atoms with Gasteiger partial charge in [-0.3, -0.25) is 4.98 Å². The molecule has 72 valence electrons. The molecule has 0 aliphatic rings. The highest BCUT2D eigenvalue weighted by Crippen LogP contribution is 2.12. The minimum atomic E-state index is 1.00. The van der Waals surface area contributed by atoms with Gasteiger partial charge in [-0.25, -0.2) is 0 Å². The lowest BCUT2D eigenvalue weighted by Gasteiger charge is -2.02. The second-order valence-electron chi connectivity index (χ2n) is 3.39. The smallest absolute Gasteiger partial charge is 0.0702 e. The molecule has 2 rings (SSSR count). The second kappa shape index (κ2) is 4.20. The van der Waals surface area contributed by atoms with Crippen molar-refractivity contribution in [3.05, 3.63) is 42.1 Å². The number of likely N-dealkylation sites (N-methyl/N-ethyl adjacent to an activating group) is 1. The van der Waals surface area contributed by atoms with E-state index in [9.17, 15) is 0 Å². The van der Waals surface area contributed by atoms with E-state index in [0.29, 0.717) is 0 Å². The van der Waals surface area contributed by atoms with Gasteiger partial charge in [0.2, 0.25) is 0 Å². The number of fused-ring (bicyclic) bond motifs is 1. The van der Waals surface area contributed by atoms with Crippen LogP contribution in [0.1, 0.15) is 5.56 Å². The number of hydrogen-bond acceptors (Lipinski definition) is 2. The zero-order chi connectivity index (χ0) is 9.80. The summed E-state index contributed by atoms with van der Waals surface area (Å²) >= 11 is 0. The quantitative estimate of drug-likeness (QED) is 0.793. The fraction of sp³-hybridized carbons (Fsp3) is 0.250. The topological polar surface area (TPSA) is 24.9 Å². The SMILES string of the molecule is CNCCc1cnc2ccccc2c1. The molecule has 2 heteroatoms. The first-order chi connectivity index (χ1) is 6.90. The zero-order valence-corrected chi connectivity index (χ0v) is 8.33. The van der Waals surface area contributed by atoms with Crippen LogP contribution in [0.25, 0.3) is 10.9 Å². The fourth-order valence-corrected chi connectivity index (χ4v) is 1.52. The van der Waals surface area contributed by atoms with Gasteiger partial charge in [-0.2, -0.15) is 0 Å². The molecule has 0 atom stereocenters. The molecule has 0 saturated heterocycles. The summed E-state index contributed by atoms with van der Waals surface area (Å²) in [6.07, 6.45) is 2.99. The molecule has 14 heavy (non-hydrogen) atoms. The third-order valence-corrected chi connectivity index (χ3v) is 2.31. The minimum absolute atomic E-state index is 1.00. The van der Waals surface area contributed by atoms with E-state index in [1.165, 1.54) is 10.9 Å². The number of hydrogen-bond donors (Lipinski definition) is 1. The Balaban J connectivity index is 2.32. The highest BCUT2D eigenvalue weighted by atomic mass is 14.8. The lowest BCUT2D eigenvalue weighted by Crippen LogP contribution is -2.10. The van der Waals surface area contributed by atoms with Gasteiger partial charge in [-0.05, 0) is 37.7 Å². The van der Waals surface area contributed by atoms with Crippen LogP contribution in [0.15, 0.2) is 36.5 Å². The third-order valence-electron chi connectivity index (χ3n) is 2.31. The number of aromatic nitrogens is 1. The lowest BCUT2D eigenvalue weighted by atomic mass is 10.1. The van der Waals surface area contributed by atoms with E-state index in [0.717, 1.165) is 18.5 Å². The van der Waals surface area contributed by atoms with Crippen LogP contribution < -0.4 is 5.32 Å². The van der Waals surface area contributed by atoms with Gasteiger partial charge in [0.25, 0.3) is 0 Å². The molecule has 1 aromatic heterocycles. The summed E-state index contributed by atoms with van der Waals surface area (Å²) in [6.45, 7) is 1.00. The normalized spacial score (nSPS) is 10.6. The van der Waals surface area contributed by atoms with Crippen LogP contribution in [0.5, 0.6) is 0 Å². The van der Waals surface area contributed by atoms with Crippen LogP contribution in [-0.2, 0) is 6.42 Å². The maximum atomic E-state index is 4.41. The van der Waals surface area contributed by atoms with Gasteiger partial charge in [0.1, 0.15) is 0 Å². The van der Waals surface area contributed by atoms with E-state index in [1.54, 1.807) is 0 Å². The molecule has 0 bridgehead atoms. The molecule has 1 heterocycles. The van der Waals surface area contributed by atoms with Gasteiger partial charge in [-0.1, -0.05) is 18.2 Å². The maximum absolute atomic E-state index is 4.41. The number of nitrogens with zero attached hydrogens (tertiary/aromatic N) is 1. The molecule has 0 spiro atoms. The highest BCUT2D eigenvalue weighted by Gasteiger charge is 1.96. The summed E-state index contributed by atoms with van der Waals surface area (Å²) in [5, 5.41) is 4.36. The molecule has 1 N–H and O–H groups in total. The van der Waals surface area contributed by atoms with E-state index in [2.05, 4.69) is 22.4 Å². The molecular formula is C12H14N2. The standard InChI is InChI=1S/C12H14N2/c1-13-7-6-10-8-11-4-2-3-5-12(11)14-9-10/h2-5,8-9,13H,6-7H2,1H3. The predicted molar refractivity (Wildman–Crippen MR) is 59.4 cm³/mol. The second-order valence-corrected chi connectivity index (χ2v) is 3.39. The van der Waals surface area contributed by atoms with Gasteiger partial charge in [-0.15, -0.1) is 0 Å². The van der Waals surface area contributed by atoms with Crippen LogP contribution in [0.2, 0.25) is 0 Å². The Morgan fingerprint density at radius 3 is 3.00 bits per heavy atom. The summed E-state index contributed by atoms with van der Waals surface area (Å²) in [5.41, 5.74) is 2.36. The number of pyridine rings is 1. The Labute approximate surface area is 84.0 Å². The summed E-state index contributed by atoms with van der Waals surface area (Å²) in [4.78, 5) is 4.41. The zero-order valence-electron chi connectivity index (χ0n) is 8.33. The Morgan fingerprint density at radius 1 is 1.29 bits per heavy atom. The number of rotatable bonds is 3. The monoisotopic (exact) mass is 186 g/mol. The molecule has 0 unspecified atom stereocenters. The largest absolute Gasteiger partial charge is 0.319 e. The van der Waals surface area contributed by atoms with E-state index >= 15 is 0 Å².